The highest BCUT2D eigenvalue weighted by Crippen LogP contribution is 2.35. The number of H-pyrrole nitrogens is 1. The van der Waals surface area contributed by atoms with Crippen LogP contribution in [0.4, 0.5) is 13.2 Å². The van der Waals surface area contributed by atoms with Crippen LogP contribution in [0.15, 0.2) is 6.07 Å². The van der Waals surface area contributed by atoms with Crippen molar-refractivity contribution in [3.8, 4) is 0 Å². The molecule has 6 nitrogen and oxygen atoms in total. The van der Waals surface area contributed by atoms with Gasteiger partial charge in [0.1, 0.15) is 5.69 Å². The van der Waals surface area contributed by atoms with Crippen molar-refractivity contribution < 1.29 is 27.8 Å². The summed E-state index contributed by atoms with van der Waals surface area (Å²) in [6.45, 7) is 0.660. The highest BCUT2D eigenvalue weighted by atomic mass is 19.4. The van der Waals surface area contributed by atoms with E-state index in [0.717, 1.165) is 6.07 Å². The van der Waals surface area contributed by atoms with Crippen molar-refractivity contribution in [2.24, 2.45) is 5.92 Å². The number of fused-ring (bicyclic) bond motifs is 1. The summed E-state index contributed by atoms with van der Waals surface area (Å²) in [4.78, 5) is 13.9. The number of aromatic amines is 1. The molecule has 1 amide bonds. The maximum absolute atomic E-state index is 12.6. The molecule has 22 heavy (non-hydrogen) atoms. The molecule has 1 aromatic rings. The summed E-state index contributed by atoms with van der Waals surface area (Å²) in [6, 6.07) is 0.509. The molecule has 122 valence electrons. The van der Waals surface area contributed by atoms with Gasteiger partial charge < -0.3 is 14.7 Å². The summed E-state index contributed by atoms with van der Waals surface area (Å²) < 4.78 is 43.3. The first-order valence-electron chi connectivity index (χ1n) is 7.06. The molecular formula is C13H16F3N3O3. The second kappa shape index (κ2) is 5.54. The van der Waals surface area contributed by atoms with Crippen molar-refractivity contribution >= 4 is 5.91 Å². The Morgan fingerprint density at radius 1 is 1.50 bits per heavy atom. The van der Waals surface area contributed by atoms with Crippen LogP contribution in [-0.2, 0) is 10.9 Å². The van der Waals surface area contributed by atoms with E-state index in [0.29, 0.717) is 26.0 Å². The molecule has 1 aliphatic carbocycles. The van der Waals surface area contributed by atoms with E-state index in [1.54, 1.807) is 0 Å². The van der Waals surface area contributed by atoms with Crippen LogP contribution in [0.5, 0.6) is 0 Å². The number of aliphatic hydroxyl groups is 1. The number of amides is 1. The molecule has 1 saturated carbocycles. The molecule has 0 bridgehead atoms. The number of hydrogen-bond acceptors (Lipinski definition) is 4. The topological polar surface area (TPSA) is 78.5 Å². The number of halogens is 3. The van der Waals surface area contributed by atoms with Crippen LogP contribution in [0.3, 0.4) is 0 Å². The van der Waals surface area contributed by atoms with E-state index in [-0.39, 0.29) is 30.4 Å². The molecule has 0 unspecified atom stereocenters. The third-order valence-electron chi connectivity index (χ3n) is 4.26. The minimum absolute atomic E-state index is 0.0129. The largest absolute Gasteiger partial charge is 0.432 e. The predicted octanol–water partition coefficient (Wildman–Crippen LogP) is 1.04. The number of carbonyl (C=O) groups excluding carboxylic acids is 1. The zero-order valence-corrected chi connectivity index (χ0v) is 11.6. The molecule has 1 aliphatic heterocycles. The van der Waals surface area contributed by atoms with Gasteiger partial charge in [-0.1, -0.05) is 0 Å². The lowest BCUT2D eigenvalue weighted by Gasteiger charge is -2.37. The highest BCUT2D eigenvalue weighted by Gasteiger charge is 2.43. The summed E-state index contributed by atoms with van der Waals surface area (Å²) in [5.41, 5.74) is -1.29. The number of hydrogen-bond donors (Lipinski definition) is 2. The number of aromatic nitrogens is 2. The second-order valence-electron chi connectivity index (χ2n) is 5.66. The third kappa shape index (κ3) is 2.70. The van der Waals surface area contributed by atoms with Gasteiger partial charge in [-0.2, -0.15) is 18.3 Å². The predicted molar refractivity (Wildman–Crippen MR) is 68.0 cm³/mol. The number of nitrogens with zero attached hydrogens (tertiary/aromatic N) is 2. The minimum atomic E-state index is -4.56. The van der Waals surface area contributed by atoms with Gasteiger partial charge >= 0.3 is 6.18 Å². The maximum Gasteiger partial charge on any atom is 0.432 e. The van der Waals surface area contributed by atoms with Crippen LogP contribution < -0.4 is 0 Å². The summed E-state index contributed by atoms with van der Waals surface area (Å²) in [5.74, 6) is -0.489. The second-order valence-corrected chi connectivity index (χ2v) is 5.66. The van der Waals surface area contributed by atoms with E-state index in [2.05, 4.69) is 5.10 Å². The molecule has 3 atom stereocenters. The van der Waals surface area contributed by atoms with Crippen molar-refractivity contribution in [1.82, 2.24) is 15.1 Å². The van der Waals surface area contributed by atoms with Crippen LogP contribution in [-0.4, -0.2) is 58.0 Å². The van der Waals surface area contributed by atoms with Crippen LogP contribution in [0.2, 0.25) is 0 Å². The first-order valence-corrected chi connectivity index (χ1v) is 7.06. The number of nitrogens with one attached hydrogen (secondary N) is 1. The average molecular weight is 319 g/mol. The van der Waals surface area contributed by atoms with Gasteiger partial charge in [0, 0.05) is 19.2 Å². The molecule has 0 spiro atoms. The number of aliphatic hydroxyl groups excluding tert-OH is 1. The number of ether oxygens (including phenoxy) is 1. The van der Waals surface area contributed by atoms with E-state index < -0.39 is 17.8 Å². The first kappa shape index (κ1) is 15.3. The Bertz CT molecular complexity index is 560. The molecule has 3 rings (SSSR count). The Morgan fingerprint density at radius 2 is 2.27 bits per heavy atom. The van der Waals surface area contributed by atoms with E-state index in [1.807, 2.05) is 5.10 Å². The molecule has 2 N–H and O–H groups in total. The van der Waals surface area contributed by atoms with Gasteiger partial charge in [0.25, 0.3) is 5.91 Å². The summed E-state index contributed by atoms with van der Waals surface area (Å²) in [7, 11) is 0. The lowest BCUT2D eigenvalue weighted by Crippen LogP contribution is -2.51. The normalized spacial score (nSPS) is 28.7. The Balaban J connectivity index is 1.78. The number of alkyl halides is 3. The first-order chi connectivity index (χ1) is 10.4. The molecule has 0 aromatic carbocycles. The summed E-state index contributed by atoms with van der Waals surface area (Å²) >= 11 is 0. The molecule has 2 fully saturated rings. The lowest BCUT2D eigenvalue weighted by molar-refractivity contribution is -0.141. The van der Waals surface area contributed by atoms with Crippen molar-refractivity contribution in [2.45, 2.75) is 31.2 Å². The highest BCUT2D eigenvalue weighted by molar-refractivity contribution is 5.92. The fourth-order valence-corrected chi connectivity index (χ4v) is 3.18. The Hall–Kier alpha value is -1.61. The molecular weight excluding hydrogens is 303 g/mol. The average Bonchev–Trinajstić information content (AvgIpc) is 3.11. The van der Waals surface area contributed by atoms with Gasteiger partial charge in [-0.15, -0.1) is 0 Å². The van der Waals surface area contributed by atoms with Crippen molar-refractivity contribution in [2.75, 3.05) is 19.8 Å². The lowest BCUT2D eigenvalue weighted by atomic mass is 10.1. The molecule has 0 radical (unpaired) electrons. The minimum Gasteiger partial charge on any atom is -0.396 e. The monoisotopic (exact) mass is 319 g/mol. The molecule has 9 heteroatoms. The summed E-state index contributed by atoms with van der Waals surface area (Å²) in [5, 5.41) is 14.6. The zero-order chi connectivity index (χ0) is 15.9. The number of rotatable bonds is 2. The van der Waals surface area contributed by atoms with E-state index in [9.17, 15) is 23.1 Å². The van der Waals surface area contributed by atoms with Gasteiger partial charge in [0.15, 0.2) is 5.69 Å². The SMILES string of the molecule is O=C(c1cc(C(F)(F)F)[nH]n1)N1CCO[C@H]2C[C@H](CO)C[C@@H]21. The Labute approximate surface area is 124 Å². The van der Waals surface area contributed by atoms with E-state index in [1.165, 1.54) is 4.90 Å². The quantitative estimate of drug-likeness (QED) is 0.854. The van der Waals surface area contributed by atoms with Gasteiger partial charge in [-0.05, 0) is 18.8 Å². The third-order valence-corrected chi connectivity index (χ3v) is 4.26. The van der Waals surface area contributed by atoms with Crippen molar-refractivity contribution in [1.29, 1.82) is 0 Å². The smallest absolute Gasteiger partial charge is 0.396 e. The Kier molecular flexibility index (Phi) is 3.85. The molecule has 1 saturated heterocycles. The molecule has 1 aromatic heterocycles. The number of morpholine rings is 1. The van der Waals surface area contributed by atoms with Crippen LogP contribution in [0, 0.1) is 5.92 Å². The van der Waals surface area contributed by atoms with Crippen LogP contribution >= 0.6 is 0 Å². The molecule has 2 aliphatic rings. The fourth-order valence-electron chi connectivity index (χ4n) is 3.18. The van der Waals surface area contributed by atoms with E-state index >= 15 is 0 Å². The Morgan fingerprint density at radius 3 is 2.91 bits per heavy atom. The van der Waals surface area contributed by atoms with Crippen molar-refractivity contribution in [3.05, 3.63) is 17.5 Å². The van der Waals surface area contributed by atoms with Gasteiger partial charge in [0.05, 0.1) is 18.8 Å². The maximum atomic E-state index is 12.6. The van der Waals surface area contributed by atoms with Gasteiger partial charge in [-0.25, -0.2) is 0 Å². The summed E-state index contributed by atoms with van der Waals surface area (Å²) in [6.07, 6.45) is -3.49. The number of carbonyl (C=O) groups is 1. The van der Waals surface area contributed by atoms with E-state index in [4.69, 9.17) is 4.74 Å². The van der Waals surface area contributed by atoms with Gasteiger partial charge in [0.2, 0.25) is 0 Å². The van der Waals surface area contributed by atoms with Crippen LogP contribution in [0.25, 0.3) is 0 Å². The zero-order valence-electron chi connectivity index (χ0n) is 11.6. The van der Waals surface area contributed by atoms with Gasteiger partial charge in [-0.3, -0.25) is 9.89 Å². The van der Waals surface area contributed by atoms with Crippen molar-refractivity contribution in [3.63, 3.8) is 0 Å². The standard InChI is InChI=1S/C13H16F3N3O3/c14-13(15,16)11-5-8(17-18-11)12(21)19-1-2-22-10-4-7(6-20)3-9(10)19/h5,7,9-10,20H,1-4,6H2,(H,17,18)/t7-,9+,10+/m1/s1. The van der Waals surface area contributed by atoms with Crippen LogP contribution in [0.1, 0.15) is 29.0 Å². The fraction of sp³-hybridized carbons (Fsp3) is 0.692. The molecule has 2 heterocycles.